The molecule has 0 fully saturated rings. The molecule has 0 atom stereocenters. The van der Waals surface area contributed by atoms with Crippen molar-refractivity contribution in [1.82, 2.24) is 0 Å². The van der Waals surface area contributed by atoms with E-state index in [2.05, 4.69) is 38.8 Å². The number of aryl methyl sites for hydroxylation is 1. The predicted octanol–water partition coefficient (Wildman–Crippen LogP) is 5.94. The van der Waals surface area contributed by atoms with Gasteiger partial charge in [-0.05, 0) is 50.4 Å². The van der Waals surface area contributed by atoms with Crippen molar-refractivity contribution in [3.05, 3.63) is 56.2 Å². The lowest BCUT2D eigenvalue weighted by molar-refractivity contribution is 0.103. The molecule has 3 aromatic rings. The van der Waals surface area contributed by atoms with Crippen LogP contribution in [0, 0.1) is 0 Å². The van der Waals surface area contributed by atoms with Crippen LogP contribution in [0.4, 0.5) is 0 Å². The molecule has 130 valence electrons. The highest BCUT2D eigenvalue weighted by Gasteiger charge is 2.26. The fourth-order valence-corrected chi connectivity index (χ4v) is 3.89. The highest BCUT2D eigenvalue weighted by Crippen LogP contribution is 2.43. The van der Waals surface area contributed by atoms with E-state index in [1.165, 1.54) is 6.07 Å². The molecule has 0 spiro atoms. The Hall–Kier alpha value is -1.79. The molecule has 0 aliphatic carbocycles. The van der Waals surface area contributed by atoms with Gasteiger partial charge < -0.3 is 14.6 Å². The maximum Gasteiger partial charge on any atom is 0.200 e. The summed E-state index contributed by atoms with van der Waals surface area (Å²) in [5, 5.41) is 20.9. The second-order valence-corrected chi connectivity index (χ2v) is 7.39. The number of ketones is 1. The van der Waals surface area contributed by atoms with E-state index in [4.69, 9.17) is 4.42 Å². The number of carbonyl (C=O) groups excluding carboxylic acids is 1. The second kappa shape index (κ2) is 7.22. The summed E-state index contributed by atoms with van der Waals surface area (Å²) in [6.07, 6.45) is 2.52. The molecule has 6 heteroatoms. The first kappa shape index (κ1) is 18.0. The van der Waals surface area contributed by atoms with Crippen LogP contribution in [-0.2, 0) is 6.42 Å². The van der Waals surface area contributed by atoms with Gasteiger partial charge in [-0.1, -0.05) is 31.5 Å². The summed E-state index contributed by atoms with van der Waals surface area (Å²) in [7, 11) is 0. The smallest absolute Gasteiger partial charge is 0.200 e. The Bertz CT molecular complexity index is 960. The van der Waals surface area contributed by atoms with E-state index >= 15 is 0 Å². The van der Waals surface area contributed by atoms with Crippen LogP contribution in [0.2, 0.25) is 0 Å². The molecule has 1 heterocycles. The maximum absolute atomic E-state index is 13.2. The minimum Gasteiger partial charge on any atom is -0.506 e. The molecular weight excluding hydrogens is 452 g/mol. The minimum absolute atomic E-state index is 0.0770. The van der Waals surface area contributed by atoms with E-state index in [1.807, 2.05) is 24.3 Å². The lowest BCUT2D eigenvalue weighted by atomic mass is 9.97. The zero-order valence-corrected chi connectivity index (χ0v) is 16.6. The standard InChI is InChI=1S/C19H16Br2O4/c1-2-3-7-14-15(10-6-4-5-8-13(10)25-14)17(22)11-9-12(20)19(24)16(21)18(11)23/h4-6,8-9,23-24H,2-3,7H2,1H3. The summed E-state index contributed by atoms with van der Waals surface area (Å²) in [5.41, 5.74) is 1.21. The van der Waals surface area contributed by atoms with Gasteiger partial charge in [0.1, 0.15) is 27.3 Å². The minimum atomic E-state index is -0.338. The van der Waals surface area contributed by atoms with E-state index in [-0.39, 0.29) is 27.3 Å². The lowest BCUT2D eigenvalue weighted by Gasteiger charge is -2.09. The van der Waals surface area contributed by atoms with E-state index in [0.29, 0.717) is 27.8 Å². The van der Waals surface area contributed by atoms with Crippen LogP contribution in [0.15, 0.2) is 43.7 Å². The number of hydrogen-bond donors (Lipinski definition) is 2. The van der Waals surface area contributed by atoms with Crippen molar-refractivity contribution < 1.29 is 19.4 Å². The fraction of sp³-hybridized carbons (Fsp3) is 0.211. The number of hydrogen-bond acceptors (Lipinski definition) is 4. The summed E-state index contributed by atoms with van der Waals surface area (Å²) in [5.74, 6) is -0.169. The number of furan rings is 1. The van der Waals surface area contributed by atoms with Crippen molar-refractivity contribution >= 4 is 48.6 Å². The Kier molecular flexibility index (Phi) is 5.20. The van der Waals surface area contributed by atoms with Crippen molar-refractivity contribution in [1.29, 1.82) is 0 Å². The van der Waals surface area contributed by atoms with Crippen molar-refractivity contribution in [3.8, 4) is 11.5 Å². The molecule has 3 rings (SSSR count). The Labute approximate surface area is 161 Å². The van der Waals surface area contributed by atoms with E-state index < -0.39 is 0 Å². The molecule has 0 aliphatic rings. The number of carbonyl (C=O) groups is 1. The van der Waals surface area contributed by atoms with Crippen LogP contribution < -0.4 is 0 Å². The van der Waals surface area contributed by atoms with Crippen LogP contribution in [0.1, 0.15) is 41.4 Å². The van der Waals surface area contributed by atoms with Gasteiger partial charge in [0.15, 0.2) is 0 Å². The molecule has 4 nitrogen and oxygen atoms in total. The summed E-state index contributed by atoms with van der Waals surface area (Å²) in [6.45, 7) is 2.07. The highest BCUT2D eigenvalue weighted by molar-refractivity contribution is 9.11. The van der Waals surface area contributed by atoms with E-state index in [9.17, 15) is 15.0 Å². The number of phenols is 2. The van der Waals surface area contributed by atoms with Gasteiger partial charge in [-0.3, -0.25) is 4.79 Å². The zero-order chi connectivity index (χ0) is 18.1. The predicted molar refractivity (Wildman–Crippen MR) is 103 cm³/mol. The summed E-state index contributed by atoms with van der Waals surface area (Å²) >= 11 is 6.32. The van der Waals surface area contributed by atoms with Crippen LogP contribution in [0.5, 0.6) is 11.5 Å². The number of para-hydroxylation sites is 1. The van der Waals surface area contributed by atoms with Gasteiger partial charge in [0, 0.05) is 11.8 Å². The van der Waals surface area contributed by atoms with Crippen LogP contribution >= 0.6 is 31.9 Å². The Morgan fingerprint density at radius 2 is 1.88 bits per heavy atom. The summed E-state index contributed by atoms with van der Waals surface area (Å²) in [4.78, 5) is 13.2. The third kappa shape index (κ3) is 3.20. The normalized spacial score (nSPS) is 11.2. The van der Waals surface area contributed by atoms with Crippen molar-refractivity contribution in [3.63, 3.8) is 0 Å². The third-order valence-corrected chi connectivity index (χ3v) is 5.42. The number of halogens is 2. The van der Waals surface area contributed by atoms with Crippen molar-refractivity contribution in [2.24, 2.45) is 0 Å². The second-order valence-electron chi connectivity index (χ2n) is 5.75. The molecule has 0 radical (unpaired) electrons. The molecule has 2 aromatic carbocycles. The lowest BCUT2D eigenvalue weighted by Crippen LogP contribution is -2.05. The molecule has 1 aromatic heterocycles. The molecule has 0 unspecified atom stereocenters. The Balaban J connectivity index is 2.20. The first-order chi connectivity index (χ1) is 12.0. The number of rotatable bonds is 5. The molecule has 0 bridgehead atoms. The number of benzene rings is 2. The first-order valence-electron chi connectivity index (χ1n) is 7.90. The molecule has 25 heavy (non-hydrogen) atoms. The van der Waals surface area contributed by atoms with Gasteiger partial charge in [0.05, 0.1) is 15.6 Å². The van der Waals surface area contributed by atoms with Gasteiger partial charge in [0.25, 0.3) is 0 Å². The molecule has 2 N–H and O–H groups in total. The maximum atomic E-state index is 13.2. The third-order valence-electron chi connectivity index (χ3n) is 4.07. The van der Waals surface area contributed by atoms with Gasteiger partial charge in [0.2, 0.25) is 5.78 Å². The average Bonchev–Trinajstić information content (AvgIpc) is 2.98. The Morgan fingerprint density at radius 1 is 1.16 bits per heavy atom. The monoisotopic (exact) mass is 466 g/mol. The summed E-state index contributed by atoms with van der Waals surface area (Å²) in [6, 6.07) is 8.78. The van der Waals surface area contributed by atoms with Crippen molar-refractivity contribution in [2.45, 2.75) is 26.2 Å². The van der Waals surface area contributed by atoms with E-state index in [1.54, 1.807) is 0 Å². The fourth-order valence-electron chi connectivity index (χ4n) is 2.76. The first-order valence-corrected chi connectivity index (χ1v) is 9.49. The zero-order valence-electron chi connectivity index (χ0n) is 13.5. The van der Waals surface area contributed by atoms with Crippen LogP contribution in [0.3, 0.4) is 0 Å². The molecular formula is C19H16Br2O4. The van der Waals surface area contributed by atoms with Gasteiger partial charge >= 0.3 is 0 Å². The Morgan fingerprint density at radius 3 is 2.60 bits per heavy atom. The van der Waals surface area contributed by atoms with Gasteiger partial charge in [-0.15, -0.1) is 0 Å². The molecule has 0 aliphatic heterocycles. The summed E-state index contributed by atoms with van der Waals surface area (Å²) < 4.78 is 6.29. The molecule has 0 saturated carbocycles. The average molecular weight is 468 g/mol. The highest BCUT2D eigenvalue weighted by atomic mass is 79.9. The van der Waals surface area contributed by atoms with Gasteiger partial charge in [-0.25, -0.2) is 0 Å². The SMILES string of the molecule is CCCCc1oc2ccccc2c1C(=O)c1cc(Br)c(O)c(Br)c1O. The number of aromatic hydroxyl groups is 2. The van der Waals surface area contributed by atoms with E-state index in [0.717, 1.165) is 18.2 Å². The topological polar surface area (TPSA) is 70.7 Å². The molecule has 0 saturated heterocycles. The number of phenolic OH excluding ortho intramolecular Hbond substituents is 2. The largest absolute Gasteiger partial charge is 0.506 e. The molecule has 0 amide bonds. The van der Waals surface area contributed by atoms with Crippen LogP contribution in [0.25, 0.3) is 11.0 Å². The quantitative estimate of drug-likeness (QED) is 0.455. The van der Waals surface area contributed by atoms with Crippen LogP contribution in [-0.4, -0.2) is 16.0 Å². The number of fused-ring (bicyclic) bond motifs is 1. The van der Waals surface area contributed by atoms with Crippen molar-refractivity contribution in [2.75, 3.05) is 0 Å². The van der Waals surface area contributed by atoms with Gasteiger partial charge in [-0.2, -0.15) is 0 Å². The number of unbranched alkanes of at least 4 members (excludes halogenated alkanes) is 1.